The minimum Gasteiger partial charge on any atom is -0.341 e. The Morgan fingerprint density at radius 1 is 0.574 bits per heavy atom. The first kappa shape index (κ1) is 33.8. The molecule has 0 aliphatic heterocycles. The van der Waals surface area contributed by atoms with E-state index in [-0.39, 0.29) is 36.0 Å². The molecule has 1 aliphatic rings. The van der Waals surface area contributed by atoms with E-state index in [1.807, 2.05) is 0 Å². The first-order valence-electron chi connectivity index (χ1n) is 15.2. The van der Waals surface area contributed by atoms with Gasteiger partial charge in [-0.05, 0) is 58.4 Å². The normalized spacial score (nSPS) is 16.6. The van der Waals surface area contributed by atoms with Crippen molar-refractivity contribution in [1.82, 2.24) is 9.80 Å². The number of rotatable bonds is 8. The summed E-state index contributed by atoms with van der Waals surface area (Å²) in [4.78, 5) is 30.1. The molecule has 4 nitrogen and oxygen atoms in total. The largest absolute Gasteiger partial charge is 0.417 e. The number of alkyl halides is 6. The number of benzene rings is 4. The molecule has 1 aliphatic carbocycles. The van der Waals surface area contributed by atoms with Gasteiger partial charge in [0.1, 0.15) is 0 Å². The molecule has 10 heteroatoms. The molecule has 4 aromatic carbocycles. The van der Waals surface area contributed by atoms with Crippen LogP contribution in [0.25, 0.3) is 22.3 Å². The number of hydrogen-bond donors (Lipinski definition) is 0. The summed E-state index contributed by atoms with van der Waals surface area (Å²) in [5, 5.41) is 0. The van der Waals surface area contributed by atoms with Crippen LogP contribution in [0.4, 0.5) is 26.3 Å². The fraction of sp³-hybridized carbons (Fsp3) is 0.297. The maximum Gasteiger partial charge on any atom is 0.417 e. The van der Waals surface area contributed by atoms with Gasteiger partial charge in [-0.25, -0.2) is 0 Å². The fourth-order valence-corrected chi connectivity index (χ4v) is 6.36. The van der Waals surface area contributed by atoms with Gasteiger partial charge in [0.15, 0.2) is 0 Å². The molecule has 1 saturated carbocycles. The van der Waals surface area contributed by atoms with Gasteiger partial charge in [0.05, 0.1) is 11.1 Å². The average molecular weight is 653 g/mol. The standard InChI is InChI=1S/C37H34F6N2O2/c1-44(22-24-14-18-26(19-15-24)28-8-3-5-12-32(28)36(38,39)40)34(46)30-10-7-11-31(30)35(47)45(2)23-25-16-20-27(21-17-25)29-9-4-6-13-33(29)37(41,42)43/h3-6,8-9,12-21,30-31H,7,10-11,22-23H2,1-2H3. The lowest BCUT2D eigenvalue weighted by atomic mass is 9.92. The summed E-state index contributed by atoms with van der Waals surface area (Å²) in [7, 11) is 3.30. The number of carbonyl (C=O) groups excluding carboxylic acids is 2. The van der Waals surface area contributed by atoms with E-state index in [0.29, 0.717) is 24.0 Å². The Labute approximate surface area is 269 Å². The van der Waals surface area contributed by atoms with Crippen molar-refractivity contribution in [1.29, 1.82) is 0 Å². The lowest BCUT2D eigenvalue weighted by Gasteiger charge is -2.28. The lowest BCUT2D eigenvalue weighted by Crippen LogP contribution is -2.40. The van der Waals surface area contributed by atoms with Gasteiger partial charge < -0.3 is 9.80 Å². The molecule has 0 bridgehead atoms. The van der Waals surface area contributed by atoms with Crippen LogP contribution in [0, 0.1) is 11.8 Å². The van der Waals surface area contributed by atoms with Gasteiger partial charge in [-0.3, -0.25) is 9.59 Å². The van der Waals surface area contributed by atoms with E-state index in [2.05, 4.69) is 0 Å². The molecule has 0 aromatic heterocycles. The second kappa shape index (κ2) is 13.6. The van der Waals surface area contributed by atoms with Crippen molar-refractivity contribution in [3.05, 3.63) is 119 Å². The monoisotopic (exact) mass is 652 g/mol. The summed E-state index contributed by atoms with van der Waals surface area (Å²) in [6, 6.07) is 24.0. The highest BCUT2D eigenvalue weighted by Crippen LogP contribution is 2.39. The van der Waals surface area contributed by atoms with E-state index in [4.69, 9.17) is 0 Å². The summed E-state index contributed by atoms with van der Waals surface area (Å²) in [5.74, 6) is -1.36. The van der Waals surface area contributed by atoms with Crippen LogP contribution in [-0.4, -0.2) is 35.7 Å². The molecule has 0 N–H and O–H groups in total. The first-order valence-corrected chi connectivity index (χ1v) is 15.2. The molecule has 2 unspecified atom stereocenters. The Balaban J connectivity index is 1.21. The van der Waals surface area contributed by atoms with Gasteiger partial charge in [0, 0.05) is 39.0 Å². The van der Waals surface area contributed by atoms with Crippen molar-refractivity contribution < 1.29 is 35.9 Å². The number of nitrogens with zero attached hydrogens (tertiary/aromatic N) is 2. The third-order valence-corrected chi connectivity index (χ3v) is 8.74. The van der Waals surface area contributed by atoms with Crippen molar-refractivity contribution in [2.45, 2.75) is 44.7 Å². The topological polar surface area (TPSA) is 40.6 Å². The van der Waals surface area contributed by atoms with E-state index in [0.717, 1.165) is 29.7 Å². The van der Waals surface area contributed by atoms with Gasteiger partial charge in [0.25, 0.3) is 0 Å². The van der Waals surface area contributed by atoms with Crippen molar-refractivity contribution in [3.63, 3.8) is 0 Å². The van der Waals surface area contributed by atoms with Crippen LogP contribution >= 0.6 is 0 Å². The number of hydrogen-bond acceptors (Lipinski definition) is 2. The van der Waals surface area contributed by atoms with Crippen molar-refractivity contribution in [3.8, 4) is 22.3 Å². The molecule has 0 spiro atoms. The highest BCUT2D eigenvalue weighted by atomic mass is 19.4. The maximum atomic E-state index is 13.5. The van der Waals surface area contributed by atoms with E-state index in [1.165, 1.54) is 24.3 Å². The molecule has 5 rings (SSSR count). The van der Waals surface area contributed by atoms with Crippen molar-refractivity contribution in [2.75, 3.05) is 14.1 Å². The van der Waals surface area contributed by atoms with Crippen molar-refractivity contribution in [2.24, 2.45) is 11.8 Å². The predicted molar refractivity (Wildman–Crippen MR) is 168 cm³/mol. The highest BCUT2D eigenvalue weighted by molar-refractivity contribution is 5.88. The van der Waals surface area contributed by atoms with Gasteiger partial charge in [-0.15, -0.1) is 0 Å². The third kappa shape index (κ3) is 7.69. The summed E-state index contributed by atoms with van der Waals surface area (Å²) in [6.45, 7) is 0.466. The summed E-state index contributed by atoms with van der Waals surface area (Å²) in [5.41, 5.74) is 1.05. The molecule has 4 aromatic rings. The zero-order valence-corrected chi connectivity index (χ0v) is 25.9. The second-order valence-corrected chi connectivity index (χ2v) is 12.0. The zero-order chi connectivity index (χ0) is 33.9. The van der Waals surface area contributed by atoms with E-state index in [9.17, 15) is 35.9 Å². The Morgan fingerprint density at radius 3 is 1.26 bits per heavy atom. The summed E-state index contributed by atoms with van der Waals surface area (Å²) < 4.78 is 80.9. The van der Waals surface area contributed by atoms with Crippen LogP contribution in [0.2, 0.25) is 0 Å². The smallest absolute Gasteiger partial charge is 0.341 e. The molecule has 2 amide bonds. The maximum absolute atomic E-state index is 13.5. The van der Waals surface area contributed by atoms with Crippen LogP contribution in [0.15, 0.2) is 97.1 Å². The van der Waals surface area contributed by atoms with E-state index >= 15 is 0 Å². The molecule has 246 valence electrons. The fourth-order valence-electron chi connectivity index (χ4n) is 6.36. The molecule has 0 saturated heterocycles. The molecular weight excluding hydrogens is 618 g/mol. The summed E-state index contributed by atoms with van der Waals surface area (Å²) >= 11 is 0. The zero-order valence-electron chi connectivity index (χ0n) is 25.9. The quantitative estimate of drug-likeness (QED) is 0.178. The highest BCUT2D eigenvalue weighted by Gasteiger charge is 2.40. The number of carbonyl (C=O) groups is 2. The van der Waals surface area contributed by atoms with Crippen LogP contribution in [0.3, 0.4) is 0 Å². The Hall–Kier alpha value is -4.60. The Kier molecular flexibility index (Phi) is 9.79. The minimum atomic E-state index is -4.48. The molecule has 1 fully saturated rings. The molecule has 2 atom stereocenters. The van der Waals surface area contributed by atoms with Crippen molar-refractivity contribution >= 4 is 11.8 Å². The van der Waals surface area contributed by atoms with Gasteiger partial charge in [-0.1, -0.05) is 91.3 Å². The predicted octanol–water partition coefficient (Wildman–Crippen LogP) is 9.09. The van der Waals surface area contributed by atoms with Crippen LogP contribution in [-0.2, 0) is 35.0 Å². The molecular formula is C37H34F6N2O2. The minimum absolute atomic E-state index is 0.0788. The Bertz CT molecular complexity index is 1590. The third-order valence-electron chi connectivity index (χ3n) is 8.74. The van der Waals surface area contributed by atoms with E-state index < -0.39 is 35.3 Å². The summed E-state index contributed by atoms with van der Waals surface area (Å²) in [6.07, 6.45) is -7.12. The van der Waals surface area contributed by atoms with E-state index in [1.54, 1.807) is 84.6 Å². The van der Waals surface area contributed by atoms with Crippen LogP contribution in [0.1, 0.15) is 41.5 Å². The SMILES string of the molecule is CN(Cc1ccc(-c2ccccc2C(F)(F)F)cc1)C(=O)C1CCCC1C(=O)N(C)Cc1ccc(-c2ccccc2C(F)(F)F)cc1. The Morgan fingerprint density at radius 2 is 0.915 bits per heavy atom. The number of halogens is 6. The van der Waals surface area contributed by atoms with Gasteiger partial charge >= 0.3 is 12.4 Å². The first-order chi connectivity index (χ1) is 22.2. The lowest BCUT2D eigenvalue weighted by molar-refractivity contribution is -0.144. The van der Waals surface area contributed by atoms with Crippen LogP contribution < -0.4 is 0 Å². The average Bonchev–Trinajstić information content (AvgIpc) is 3.54. The van der Waals surface area contributed by atoms with Crippen LogP contribution in [0.5, 0.6) is 0 Å². The molecule has 47 heavy (non-hydrogen) atoms. The second-order valence-electron chi connectivity index (χ2n) is 12.0. The number of amides is 2. The van der Waals surface area contributed by atoms with Gasteiger partial charge in [-0.2, -0.15) is 26.3 Å². The molecule has 0 radical (unpaired) electrons. The molecule has 0 heterocycles. The van der Waals surface area contributed by atoms with Gasteiger partial charge in [0.2, 0.25) is 11.8 Å².